The third kappa shape index (κ3) is 3.46. The van der Waals surface area contributed by atoms with Crippen LogP contribution < -0.4 is 9.47 Å². The average Bonchev–Trinajstić information content (AvgIpc) is 2.44. The SMILES string of the molecule is COc1nccc(C(=O)O)c1-c1cccc(OC(F)(F)F)c1. The Morgan fingerprint density at radius 3 is 2.59 bits per heavy atom. The fraction of sp³-hybridized carbons (Fsp3) is 0.143. The molecule has 0 fully saturated rings. The fourth-order valence-corrected chi connectivity index (χ4v) is 1.90. The number of aromatic nitrogens is 1. The lowest BCUT2D eigenvalue weighted by atomic mass is 10.0. The maximum absolute atomic E-state index is 12.3. The summed E-state index contributed by atoms with van der Waals surface area (Å²) in [6, 6.07) is 6.17. The number of benzene rings is 1. The number of pyridine rings is 1. The van der Waals surface area contributed by atoms with Crippen LogP contribution in [0.4, 0.5) is 13.2 Å². The van der Waals surface area contributed by atoms with Gasteiger partial charge in [0.15, 0.2) is 0 Å². The molecule has 0 aliphatic rings. The molecule has 0 radical (unpaired) electrons. The van der Waals surface area contributed by atoms with E-state index in [1.165, 1.54) is 31.5 Å². The van der Waals surface area contributed by atoms with E-state index in [4.69, 9.17) is 4.74 Å². The first kappa shape index (κ1) is 15.6. The van der Waals surface area contributed by atoms with E-state index in [9.17, 15) is 23.1 Å². The summed E-state index contributed by atoms with van der Waals surface area (Å²) in [5.74, 6) is -1.73. The van der Waals surface area contributed by atoms with E-state index < -0.39 is 18.1 Å². The van der Waals surface area contributed by atoms with Gasteiger partial charge in [0.25, 0.3) is 0 Å². The maximum Gasteiger partial charge on any atom is 0.573 e. The van der Waals surface area contributed by atoms with Crippen LogP contribution in [0.3, 0.4) is 0 Å². The van der Waals surface area contributed by atoms with Gasteiger partial charge in [-0.1, -0.05) is 12.1 Å². The fourth-order valence-electron chi connectivity index (χ4n) is 1.90. The van der Waals surface area contributed by atoms with Gasteiger partial charge in [-0.3, -0.25) is 0 Å². The van der Waals surface area contributed by atoms with E-state index >= 15 is 0 Å². The summed E-state index contributed by atoms with van der Waals surface area (Å²) in [7, 11) is 1.29. The van der Waals surface area contributed by atoms with Crippen LogP contribution >= 0.6 is 0 Å². The van der Waals surface area contributed by atoms with Gasteiger partial charge in [0.2, 0.25) is 5.88 Å². The van der Waals surface area contributed by atoms with Gasteiger partial charge in [-0.15, -0.1) is 13.2 Å². The van der Waals surface area contributed by atoms with Crippen molar-refractivity contribution in [3.05, 3.63) is 42.1 Å². The lowest BCUT2D eigenvalue weighted by Gasteiger charge is -2.13. The predicted octanol–water partition coefficient (Wildman–Crippen LogP) is 3.35. The highest BCUT2D eigenvalue weighted by Crippen LogP contribution is 2.34. The van der Waals surface area contributed by atoms with E-state index in [2.05, 4.69) is 9.72 Å². The molecular formula is C14H10F3NO4. The number of carboxylic acid groups (broad SMARTS) is 1. The number of halogens is 3. The number of ether oxygens (including phenoxy) is 2. The quantitative estimate of drug-likeness (QED) is 0.937. The minimum Gasteiger partial charge on any atom is -0.481 e. The number of aromatic carboxylic acids is 1. The predicted molar refractivity (Wildman–Crippen MR) is 69.9 cm³/mol. The Bertz CT molecular complexity index is 701. The molecule has 0 aliphatic carbocycles. The van der Waals surface area contributed by atoms with Crippen LogP contribution in [0.25, 0.3) is 11.1 Å². The number of rotatable bonds is 4. The van der Waals surface area contributed by atoms with Crippen molar-refractivity contribution in [1.82, 2.24) is 4.98 Å². The van der Waals surface area contributed by atoms with Crippen molar-refractivity contribution in [1.29, 1.82) is 0 Å². The normalized spacial score (nSPS) is 11.1. The van der Waals surface area contributed by atoms with E-state index in [0.29, 0.717) is 0 Å². The van der Waals surface area contributed by atoms with Crippen LogP contribution in [0.15, 0.2) is 36.5 Å². The molecule has 0 saturated carbocycles. The molecule has 2 aromatic rings. The highest BCUT2D eigenvalue weighted by molar-refractivity contribution is 5.97. The molecule has 5 nitrogen and oxygen atoms in total. The largest absolute Gasteiger partial charge is 0.573 e. The molecule has 0 atom stereocenters. The van der Waals surface area contributed by atoms with E-state index in [0.717, 1.165) is 12.1 Å². The van der Waals surface area contributed by atoms with Crippen LogP contribution in [0.1, 0.15) is 10.4 Å². The van der Waals surface area contributed by atoms with Gasteiger partial charge in [-0.25, -0.2) is 9.78 Å². The highest BCUT2D eigenvalue weighted by atomic mass is 19.4. The average molecular weight is 313 g/mol. The van der Waals surface area contributed by atoms with Crippen molar-refractivity contribution in [2.45, 2.75) is 6.36 Å². The monoisotopic (exact) mass is 313 g/mol. The summed E-state index contributed by atoms with van der Waals surface area (Å²) in [6.45, 7) is 0. The highest BCUT2D eigenvalue weighted by Gasteiger charge is 2.31. The summed E-state index contributed by atoms with van der Waals surface area (Å²) in [5, 5.41) is 9.21. The van der Waals surface area contributed by atoms with E-state index in [-0.39, 0.29) is 22.6 Å². The Kier molecular flexibility index (Phi) is 4.20. The first-order valence-electron chi connectivity index (χ1n) is 5.94. The van der Waals surface area contributed by atoms with Gasteiger partial charge in [-0.05, 0) is 23.8 Å². The van der Waals surface area contributed by atoms with Gasteiger partial charge >= 0.3 is 12.3 Å². The van der Waals surface area contributed by atoms with Crippen LogP contribution in [0.2, 0.25) is 0 Å². The number of nitrogens with zero attached hydrogens (tertiary/aromatic N) is 1. The first-order valence-corrected chi connectivity index (χ1v) is 5.94. The van der Waals surface area contributed by atoms with Crippen molar-refractivity contribution in [2.24, 2.45) is 0 Å². The standard InChI is InChI=1S/C14H10F3NO4/c1-21-12-11(10(13(19)20)5-6-18-12)8-3-2-4-9(7-8)22-14(15,16)17/h2-7H,1H3,(H,19,20). The Balaban J connectivity index is 2.57. The van der Waals surface area contributed by atoms with Gasteiger partial charge in [0.05, 0.1) is 18.2 Å². The first-order chi connectivity index (χ1) is 10.3. The van der Waals surface area contributed by atoms with Gasteiger partial charge in [0, 0.05) is 6.20 Å². The molecule has 1 heterocycles. The zero-order chi connectivity index (χ0) is 16.3. The summed E-state index contributed by atoms with van der Waals surface area (Å²) in [4.78, 5) is 15.2. The van der Waals surface area contributed by atoms with Gasteiger partial charge in [0.1, 0.15) is 5.75 Å². The smallest absolute Gasteiger partial charge is 0.481 e. The molecule has 1 aromatic carbocycles. The Labute approximate surface area is 122 Å². The van der Waals surface area contributed by atoms with Crippen molar-refractivity contribution in [3.63, 3.8) is 0 Å². The molecular weight excluding hydrogens is 303 g/mol. The molecule has 22 heavy (non-hydrogen) atoms. The van der Waals surface area contributed by atoms with Crippen LogP contribution in [0.5, 0.6) is 11.6 Å². The topological polar surface area (TPSA) is 68.7 Å². The summed E-state index contributed by atoms with van der Waals surface area (Å²) >= 11 is 0. The third-order valence-electron chi connectivity index (χ3n) is 2.70. The molecule has 1 N–H and O–H groups in total. The maximum atomic E-state index is 12.3. The van der Waals surface area contributed by atoms with E-state index in [1.54, 1.807) is 0 Å². The van der Waals surface area contributed by atoms with Gasteiger partial charge in [-0.2, -0.15) is 0 Å². The van der Waals surface area contributed by atoms with Crippen molar-refractivity contribution < 1.29 is 32.5 Å². The van der Waals surface area contributed by atoms with Crippen LogP contribution in [-0.2, 0) is 0 Å². The van der Waals surface area contributed by atoms with Crippen molar-refractivity contribution in [2.75, 3.05) is 7.11 Å². The second-order valence-electron chi connectivity index (χ2n) is 4.12. The number of alkyl halides is 3. The second kappa shape index (κ2) is 5.92. The zero-order valence-corrected chi connectivity index (χ0v) is 11.2. The molecule has 116 valence electrons. The number of hydrogen-bond acceptors (Lipinski definition) is 4. The summed E-state index contributed by atoms with van der Waals surface area (Å²) in [6.07, 6.45) is -3.60. The molecule has 0 saturated heterocycles. The summed E-state index contributed by atoms with van der Waals surface area (Å²) < 4.78 is 45.6. The van der Waals surface area contributed by atoms with Crippen molar-refractivity contribution in [3.8, 4) is 22.8 Å². The molecule has 0 amide bonds. The number of hydrogen-bond donors (Lipinski definition) is 1. The second-order valence-corrected chi connectivity index (χ2v) is 4.12. The minimum atomic E-state index is -4.84. The molecule has 0 spiro atoms. The van der Waals surface area contributed by atoms with Crippen LogP contribution in [0, 0.1) is 0 Å². The summed E-state index contributed by atoms with van der Waals surface area (Å²) in [5.41, 5.74) is 0.116. The molecule has 0 aliphatic heterocycles. The molecule has 2 rings (SSSR count). The molecule has 0 bridgehead atoms. The lowest BCUT2D eigenvalue weighted by Crippen LogP contribution is -2.17. The number of carbonyl (C=O) groups is 1. The Hall–Kier alpha value is -2.77. The van der Waals surface area contributed by atoms with Crippen LogP contribution in [-0.4, -0.2) is 29.5 Å². The zero-order valence-electron chi connectivity index (χ0n) is 11.2. The molecule has 8 heteroatoms. The van der Waals surface area contributed by atoms with Crippen molar-refractivity contribution >= 4 is 5.97 Å². The van der Waals surface area contributed by atoms with Gasteiger partial charge < -0.3 is 14.6 Å². The van der Waals surface area contributed by atoms with E-state index in [1.807, 2.05) is 0 Å². The third-order valence-corrected chi connectivity index (χ3v) is 2.70. The number of methoxy groups -OCH3 is 1. The molecule has 1 aromatic heterocycles. The number of carboxylic acids is 1. The Morgan fingerprint density at radius 1 is 1.27 bits per heavy atom. The lowest BCUT2D eigenvalue weighted by molar-refractivity contribution is -0.274. The minimum absolute atomic E-state index is 0.0101. The Morgan fingerprint density at radius 2 is 2.00 bits per heavy atom. The molecule has 0 unspecified atom stereocenters.